The Morgan fingerprint density at radius 2 is 2.14 bits per heavy atom. The van der Waals surface area contributed by atoms with Gasteiger partial charge in [-0.15, -0.1) is 0 Å². The Morgan fingerprint density at radius 3 is 2.93 bits per heavy atom. The number of ether oxygens (including phenoxy) is 1. The molecule has 0 radical (unpaired) electrons. The first-order valence-electron chi connectivity index (χ1n) is 10.2. The van der Waals surface area contributed by atoms with Crippen LogP contribution in [0.5, 0.6) is 5.88 Å². The fraction of sp³-hybridized carbons (Fsp3) is 0.524. The number of carbonyl (C=O) groups is 2. The summed E-state index contributed by atoms with van der Waals surface area (Å²) in [4.78, 5) is 28.3. The number of aromatic nitrogens is 3. The first-order valence-corrected chi connectivity index (χ1v) is 10.2. The summed E-state index contributed by atoms with van der Waals surface area (Å²) in [5, 5.41) is 13.1. The lowest BCUT2D eigenvalue weighted by molar-refractivity contribution is -0.122. The van der Waals surface area contributed by atoms with E-state index in [9.17, 15) is 9.59 Å². The van der Waals surface area contributed by atoms with E-state index < -0.39 is 0 Å². The maximum Gasteiger partial charge on any atom is 0.229 e. The summed E-state index contributed by atoms with van der Waals surface area (Å²) in [6, 6.07) is 5.42. The van der Waals surface area contributed by atoms with Crippen LogP contribution in [0.3, 0.4) is 0 Å². The van der Waals surface area contributed by atoms with Gasteiger partial charge in [-0.05, 0) is 43.2 Å². The van der Waals surface area contributed by atoms with Gasteiger partial charge in [0.15, 0.2) is 5.82 Å². The van der Waals surface area contributed by atoms with Gasteiger partial charge in [-0.3, -0.25) is 14.7 Å². The number of methoxy groups -OCH3 is 1. The Balaban J connectivity index is 1.49. The van der Waals surface area contributed by atoms with Crippen LogP contribution in [-0.4, -0.2) is 40.7 Å². The number of aromatic amines is 1. The second kappa shape index (κ2) is 10.0. The van der Waals surface area contributed by atoms with Gasteiger partial charge in [-0.25, -0.2) is 4.98 Å². The zero-order valence-corrected chi connectivity index (χ0v) is 17.0. The molecule has 156 valence electrons. The van der Waals surface area contributed by atoms with Crippen LogP contribution < -0.4 is 15.4 Å². The number of nitrogens with one attached hydrogen (secondary N) is 3. The standard InChI is InChI=1S/C21H29N5O3/c1-3-7-22-19(27)10-14-4-5-16(9-14)17-13-18(26-25-17)24-20(28)11-15-6-8-23-21(12-15)29-2/h6,8,12-14,16H,3-5,7,9-11H2,1-2H3,(H,22,27)(H2,24,25,26,28)/t14-,16+/m1/s1. The van der Waals surface area contributed by atoms with Gasteiger partial charge < -0.3 is 15.4 Å². The molecule has 0 bridgehead atoms. The SMILES string of the molecule is CCCNC(=O)C[C@@H]1CC[C@H](c2cc(NC(=O)Cc3ccnc(OC)c3)n[nH]2)C1. The summed E-state index contributed by atoms with van der Waals surface area (Å²) >= 11 is 0. The highest BCUT2D eigenvalue weighted by atomic mass is 16.5. The summed E-state index contributed by atoms with van der Waals surface area (Å²) in [7, 11) is 1.54. The number of rotatable bonds is 9. The third-order valence-electron chi connectivity index (χ3n) is 5.27. The fourth-order valence-corrected chi connectivity index (χ4v) is 3.80. The predicted molar refractivity (Wildman–Crippen MR) is 110 cm³/mol. The molecule has 0 unspecified atom stereocenters. The summed E-state index contributed by atoms with van der Waals surface area (Å²) < 4.78 is 5.08. The van der Waals surface area contributed by atoms with E-state index in [0.717, 1.165) is 43.5 Å². The highest BCUT2D eigenvalue weighted by molar-refractivity contribution is 5.91. The topological polar surface area (TPSA) is 109 Å². The summed E-state index contributed by atoms with van der Waals surface area (Å²) in [5.41, 5.74) is 1.84. The second-order valence-corrected chi connectivity index (χ2v) is 7.57. The highest BCUT2D eigenvalue weighted by Gasteiger charge is 2.28. The third-order valence-corrected chi connectivity index (χ3v) is 5.27. The molecule has 0 spiro atoms. The number of H-pyrrole nitrogens is 1. The lowest BCUT2D eigenvalue weighted by Crippen LogP contribution is -2.25. The van der Waals surface area contributed by atoms with Crippen LogP contribution in [0.4, 0.5) is 5.82 Å². The number of carbonyl (C=O) groups excluding carboxylic acids is 2. The van der Waals surface area contributed by atoms with E-state index in [1.165, 1.54) is 0 Å². The normalized spacial score (nSPS) is 18.4. The number of anilines is 1. The first-order chi connectivity index (χ1) is 14.1. The molecule has 2 atom stereocenters. The summed E-state index contributed by atoms with van der Waals surface area (Å²) in [6.07, 6.45) is 6.41. The van der Waals surface area contributed by atoms with Gasteiger partial charge in [0.05, 0.1) is 13.5 Å². The van der Waals surface area contributed by atoms with Gasteiger partial charge >= 0.3 is 0 Å². The molecule has 0 aromatic carbocycles. The molecule has 3 N–H and O–H groups in total. The van der Waals surface area contributed by atoms with Crippen molar-refractivity contribution in [3.63, 3.8) is 0 Å². The van der Waals surface area contributed by atoms with E-state index in [0.29, 0.717) is 30.0 Å². The molecule has 1 aliphatic rings. The van der Waals surface area contributed by atoms with E-state index in [-0.39, 0.29) is 18.2 Å². The zero-order valence-electron chi connectivity index (χ0n) is 17.0. The molecule has 29 heavy (non-hydrogen) atoms. The van der Waals surface area contributed by atoms with Crippen molar-refractivity contribution in [3.8, 4) is 5.88 Å². The van der Waals surface area contributed by atoms with Crippen LogP contribution >= 0.6 is 0 Å². The van der Waals surface area contributed by atoms with Crippen molar-refractivity contribution < 1.29 is 14.3 Å². The highest BCUT2D eigenvalue weighted by Crippen LogP contribution is 2.39. The van der Waals surface area contributed by atoms with Gasteiger partial charge in [0.2, 0.25) is 17.7 Å². The number of hydrogen-bond acceptors (Lipinski definition) is 5. The lowest BCUT2D eigenvalue weighted by Gasteiger charge is -2.10. The lowest BCUT2D eigenvalue weighted by atomic mass is 9.99. The van der Waals surface area contributed by atoms with Crippen LogP contribution in [0.25, 0.3) is 0 Å². The maximum absolute atomic E-state index is 12.3. The number of pyridine rings is 1. The molecular weight excluding hydrogens is 370 g/mol. The Kier molecular flexibility index (Phi) is 7.21. The minimum absolute atomic E-state index is 0.141. The van der Waals surface area contributed by atoms with Crippen molar-refractivity contribution in [3.05, 3.63) is 35.7 Å². The maximum atomic E-state index is 12.3. The first kappa shape index (κ1) is 20.8. The number of amides is 2. The molecule has 0 saturated heterocycles. The third kappa shape index (κ3) is 6.04. The molecular formula is C21H29N5O3. The Bertz CT molecular complexity index is 835. The van der Waals surface area contributed by atoms with Gasteiger partial charge in [-0.2, -0.15) is 5.10 Å². The van der Waals surface area contributed by atoms with Gasteiger partial charge in [-0.1, -0.05) is 6.92 Å². The molecule has 2 amide bonds. The molecule has 8 heteroatoms. The van der Waals surface area contributed by atoms with Crippen molar-refractivity contribution >= 4 is 17.6 Å². The molecule has 0 aliphatic heterocycles. The van der Waals surface area contributed by atoms with Crippen LogP contribution in [0, 0.1) is 5.92 Å². The van der Waals surface area contributed by atoms with E-state index in [1.807, 2.05) is 13.0 Å². The Labute approximate surface area is 170 Å². The quantitative estimate of drug-likeness (QED) is 0.601. The van der Waals surface area contributed by atoms with Crippen molar-refractivity contribution in [2.75, 3.05) is 19.0 Å². The predicted octanol–water partition coefficient (Wildman–Crippen LogP) is 2.79. The van der Waals surface area contributed by atoms with E-state index in [2.05, 4.69) is 25.8 Å². The molecule has 1 aliphatic carbocycles. The second-order valence-electron chi connectivity index (χ2n) is 7.57. The fourth-order valence-electron chi connectivity index (χ4n) is 3.80. The Morgan fingerprint density at radius 1 is 1.28 bits per heavy atom. The van der Waals surface area contributed by atoms with Gasteiger partial charge in [0.25, 0.3) is 0 Å². The summed E-state index contributed by atoms with van der Waals surface area (Å²) in [5.74, 6) is 1.75. The van der Waals surface area contributed by atoms with Crippen molar-refractivity contribution in [2.24, 2.45) is 5.92 Å². The summed E-state index contributed by atoms with van der Waals surface area (Å²) in [6.45, 7) is 2.79. The van der Waals surface area contributed by atoms with Crippen LogP contribution in [0.1, 0.15) is 56.2 Å². The minimum Gasteiger partial charge on any atom is -0.481 e. The van der Waals surface area contributed by atoms with Gasteiger partial charge in [0.1, 0.15) is 0 Å². The number of hydrogen-bond donors (Lipinski definition) is 3. The monoisotopic (exact) mass is 399 g/mol. The average molecular weight is 399 g/mol. The molecule has 2 heterocycles. The van der Waals surface area contributed by atoms with Crippen molar-refractivity contribution in [2.45, 2.75) is 51.4 Å². The molecule has 1 saturated carbocycles. The van der Waals surface area contributed by atoms with Crippen LogP contribution in [0.15, 0.2) is 24.4 Å². The average Bonchev–Trinajstić information content (AvgIpc) is 3.36. The van der Waals surface area contributed by atoms with Crippen molar-refractivity contribution in [1.82, 2.24) is 20.5 Å². The number of nitrogens with zero attached hydrogens (tertiary/aromatic N) is 2. The van der Waals surface area contributed by atoms with E-state index in [1.54, 1.807) is 25.4 Å². The molecule has 8 nitrogen and oxygen atoms in total. The van der Waals surface area contributed by atoms with E-state index >= 15 is 0 Å². The van der Waals surface area contributed by atoms with E-state index in [4.69, 9.17) is 4.74 Å². The molecule has 2 aromatic rings. The van der Waals surface area contributed by atoms with Crippen LogP contribution in [-0.2, 0) is 16.0 Å². The van der Waals surface area contributed by atoms with Crippen LogP contribution in [0.2, 0.25) is 0 Å². The largest absolute Gasteiger partial charge is 0.481 e. The van der Waals surface area contributed by atoms with Gasteiger partial charge in [0, 0.05) is 42.9 Å². The molecule has 1 fully saturated rings. The van der Waals surface area contributed by atoms with Crippen molar-refractivity contribution in [1.29, 1.82) is 0 Å². The molecule has 2 aromatic heterocycles. The minimum atomic E-state index is -0.145. The smallest absolute Gasteiger partial charge is 0.229 e. The molecule has 3 rings (SSSR count). The zero-order chi connectivity index (χ0) is 20.6. The Hall–Kier alpha value is -2.90.